The maximum Gasteiger partial charge on any atom is 0.307 e. The Morgan fingerprint density at radius 1 is 1.71 bits per heavy atom. The minimum absolute atomic E-state index is 0.0513. The van der Waals surface area contributed by atoms with E-state index in [0.29, 0.717) is 13.0 Å². The SMILES string of the molecule is COC(=O)CCn1cc(CCO)nn1. The highest BCUT2D eigenvalue weighted by molar-refractivity contribution is 5.68. The maximum absolute atomic E-state index is 10.8. The Morgan fingerprint density at radius 2 is 2.50 bits per heavy atom. The summed E-state index contributed by atoms with van der Waals surface area (Å²) in [5, 5.41) is 16.2. The molecule has 6 heteroatoms. The fraction of sp³-hybridized carbons (Fsp3) is 0.625. The summed E-state index contributed by atoms with van der Waals surface area (Å²) < 4.78 is 6.04. The van der Waals surface area contributed by atoms with E-state index in [1.807, 2.05) is 0 Å². The number of hydrogen-bond donors (Lipinski definition) is 1. The van der Waals surface area contributed by atoms with Crippen LogP contribution in [0.1, 0.15) is 12.1 Å². The lowest BCUT2D eigenvalue weighted by Gasteiger charge is -1.97. The maximum atomic E-state index is 10.8. The van der Waals surface area contributed by atoms with Crippen LogP contribution in [0.2, 0.25) is 0 Å². The van der Waals surface area contributed by atoms with Crippen LogP contribution in [0, 0.1) is 0 Å². The molecule has 1 aromatic rings. The molecule has 1 heterocycles. The van der Waals surface area contributed by atoms with Crippen LogP contribution in [0.4, 0.5) is 0 Å². The second-order valence-corrected chi connectivity index (χ2v) is 2.77. The topological polar surface area (TPSA) is 77.2 Å². The number of ether oxygens (including phenoxy) is 1. The lowest BCUT2D eigenvalue weighted by atomic mass is 10.3. The molecule has 14 heavy (non-hydrogen) atoms. The van der Waals surface area contributed by atoms with Crippen molar-refractivity contribution >= 4 is 5.97 Å². The monoisotopic (exact) mass is 199 g/mol. The van der Waals surface area contributed by atoms with E-state index in [9.17, 15) is 4.79 Å². The van der Waals surface area contributed by atoms with Crippen molar-refractivity contribution in [1.82, 2.24) is 15.0 Å². The summed E-state index contributed by atoms with van der Waals surface area (Å²) in [6, 6.07) is 0. The van der Waals surface area contributed by atoms with E-state index in [0.717, 1.165) is 5.69 Å². The molecule has 0 saturated carbocycles. The van der Waals surface area contributed by atoms with Crippen molar-refractivity contribution in [2.75, 3.05) is 13.7 Å². The van der Waals surface area contributed by atoms with E-state index in [1.54, 1.807) is 10.9 Å². The van der Waals surface area contributed by atoms with Gasteiger partial charge in [0.25, 0.3) is 0 Å². The van der Waals surface area contributed by atoms with Crippen molar-refractivity contribution in [3.05, 3.63) is 11.9 Å². The minimum Gasteiger partial charge on any atom is -0.469 e. The third-order valence-electron chi connectivity index (χ3n) is 1.73. The van der Waals surface area contributed by atoms with E-state index in [4.69, 9.17) is 5.11 Å². The Labute approximate surface area is 81.5 Å². The highest BCUT2D eigenvalue weighted by Gasteiger charge is 2.03. The van der Waals surface area contributed by atoms with Crippen LogP contribution in [-0.2, 0) is 22.5 Å². The van der Waals surface area contributed by atoms with Gasteiger partial charge in [-0.15, -0.1) is 5.10 Å². The number of methoxy groups -OCH3 is 1. The molecule has 0 unspecified atom stereocenters. The van der Waals surface area contributed by atoms with Crippen LogP contribution in [0.25, 0.3) is 0 Å². The van der Waals surface area contributed by atoms with Crippen LogP contribution in [-0.4, -0.2) is 39.8 Å². The number of nitrogens with zero attached hydrogens (tertiary/aromatic N) is 3. The minimum atomic E-state index is -0.274. The predicted octanol–water partition coefficient (Wildman–Crippen LogP) is -0.624. The van der Waals surface area contributed by atoms with Crippen LogP contribution in [0.15, 0.2) is 6.20 Å². The Bertz CT molecular complexity index is 298. The summed E-state index contributed by atoms with van der Waals surface area (Å²) in [7, 11) is 1.35. The zero-order chi connectivity index (χ0) is 10.4. The van der Waals surface area contributed by atoms with Crippen molar-refractivity contribution in [3.8, 4) is 0 Å². The zero-order valence-corrected chi connectivity index (χ0v) is 8.01. The van der Waals surface area contributed by atoms with E-state index < -0.39 is 0 Å². The van der Waals surface area contributed by atoms with Crippen LogP contribution in [0.3, 0.4) is 0 Å². The fourth-order valence-electron chi connectivity index (χ4n) is 0.985. The highest BCUT2D eigenvalue weighted by Crippen LogP contribution is 1.96. The molecule has 6 nitrogen and oxygen atoms in total. The molecule has 0 aromatic carbocycles. The van der Waals surface area contributed by atoms with Gasteiger partial charge in [0.1, 0.15) is 0 Å². The van der Waals surface area contributed by atoms with Gasteiger partial charge in [-0.3, -0.25) is 9.48 Å². The molecule has 0 aliphatic heterocycles. The van der Waals surface area contributed by atoms with Gasteiger partial charge in [0.15, 0.2) is 0 Å². The molecule has 1 N–H and O–H groups in total. The molecule has 0 radical (unpaired) electrons. The molecule has 1 aromatic heterocycles. The van der Waals surface area contributed by atoms with Crippen molar-refractivity contribution in [2.45, 2.75) is 19.4 Å². The van der Waals surface area contributed by atoms with Gasteiger partial charge in [-0.1, -0.05) is 5.21 Å². The first kappa shape index (κ1) is 10.6. The molecule has 1 rings (SSSR count). The molecule has 0 atom stereocenters. The Hall–Kier alpha value is -1.43. The molecule has 78 valence electrons. The van der Waals surface area contributed by atoms with Gasteiger partial charge < -0.3 is 9.84 Å². The van der Waals surface area contributed by atoms with Gasteiger partial charge >= 0.3 is 5.97 Å². The number of aliphatic hydroxyl groups is 1. The van der Waals surface area contributed by atoms with Crippen molar-refractivity contribution in [1.29, 1.82) is 0 Å². The highest BCUT2D eigenvalue weighted by atomic mass is 16.5. The average molecular weight is 199 g/mol. The van der Waals surface area contributed by atoms with E-state index in [1.165, 1.54) is 7.11 Å². The second kappa shape index (κ2) is 5.33. The van der Waals surface area contributed by atoms with E-state index >= 15 is 0 Å². The third-order valence-corrected chi connectivity index (χ3v) is 1.73. The van der Waals surface area contributed by atoms with Crippen molar-refractivity contribution in [2.24, 2.45) is 0 Å². The van der Waals surface area contributed by atoms with Crippen LogP contribution < -0.4 is 0 Å². The van der Waals surface area contributed by atoms with Gasteiger partial charge in [0.2, 0.25) is 0 Å². The van der Waals surface area contributed by atoms with E-state index in [-0.39, 0.29) is 19.0 Å². The van der Waals surface area contributed by atoms with Gasteiger partial charge in [-0.05, 0) is 0 Å². The molecule has 0 spiro atoms. The van der Waals surface area contributed by atoms with Gasteiger partial charge in [-0.25, -0.2) is 0 Å². The van der Waals surface area contributed by atoms with Gasteiger partial charge in [0.05, 0.1) is 25.8 Å². The summed E-state index contributed by atoms with van der Waals surface area (Å²) in [4.78, 5) is 10.8. The zero-order valence-electron chi connectivity index (χ0n) is 8.01. The number of hydrogen-bond acceptors (Lipinski definition) is 5. The quantitative estimate of drug-likeness (QED) is 0.639. The van der Waals surface area contributed by atoms with Gasteiger partial charge in [-0.2, -0.15) is 0 Å². The first-order chi connectivity index (χ1) is 6.76. The Morgan fingerprint density at radius 3 is 3.14 bits per heavy atom. The standard InChI is InChI=1S/C8H13N3O3/c1-14-8(13)2-4-11-6-7(3-5-12)9-10-11/h6,12H,2-5H2,1H3. The second-order valence-electron chi connectivity index (χ2n) is 2.77. The summed E-state index contributed by atoms with van der Waals surface area (Å²) >= 11 is 0. The van der Waals surface area contributed by atoms with Crippen molar-refractivity contribution in [3.63, 3.8) is 0 Å². The molecule has 0 aliphatic rings. The Balaban J connectivity index is 2.39. The summed E-state index contributed by atoms with van der Waals surface area (Å²) in [5.74, 6) is -0.274. The molecule has 0 amide bonds. The molecule has 0 fully saturated rings. The van der Waals surface area contributed by atoms with E-state index in [2.05, 4.69) is 15.0 Å². The summed E-state index contributed by atoms with van der Waals surface area (Å²) in [6.07, 6.45) is 2.47. The lowest BCUT2D eigenvalue weighted by molar-refractivity contribution is -0.140. The molecular weight excluding hydrogens is 186 g/mol. The Kier molecular flexibility index (Phi) is 4.06. The lowest BCUT2D eigenvalue weighted by Crippen LogP contribution is -2.07. The van der Waals surface area contributed by atoms with Crippen LogP contribution >= 0.6 is 0 Å². The predicted molar refractivity (Wildman–Crippen MR) is 47.4 cm³/mol. The fourth-order valence-corrected chi connectivity index (χ4v) is 0.985. The molecule has 0 saturated heterocycles. The molecule has 0 bridgehead atoms. The first-order valence-corrected chi connectivity index (χ1v) is 4.33. The number of aliphatic hydroxyl groups excluding tert-OH is 1. The average Bonchev–Trinajstić information content (AvgIpc) is 2.63. The van der Waals surface area contributed by atoms with Crippen molar-refractivity contribution < 1.29 is 14.6 Å². The number of carbonyl (C=O) groups is 1. The number of rotatable bonds is 5. The number of aromatic nitrogens is 3. The first-order valence-electron chi connectivity index (χ1n) is 4.33. The largest absolute Gasteiger partial charge is 0.469 e. The number of esters is 1. The third kappa shape index (κ3) is 3.14. The molecular formula is C8H13N3O3. The number of aryl methyl sites for hydroxylation is 1. The summed E-state index contributed by atoms with van der Waals surface area (Å²) in [5.41, 5.74) is 0.720. The smallest absolute Gasteiger partial charge is 0.307 e. The normalized spacial score (nSPS) is 10.1. The van der Waals surface area contributed by atoms with Crippen LogP contribution in [0.5, 0.6) is 0 Å². The molecule has 0 aliphatic carbocycles. The van der Waals surface area contributed by atoms with Gasteiger partial charge in [0, 0.05) is 19.2 Å². The number of carbonyl (C=O) groups excluding carboxylic acids is 1. The summed E-state index contributed by atoms with van der Waals surface area (Å²) in [6.45, 7) is 0.501.